The fourth-order valence-corrected chi connectivity index (χ4v) is 6.45. The fourth-order valence-electron chi connectivity index (χ4n) is 4.69. The van der Waals surface area contributed by atoms with Crippen molar-refractivity contribution in [3.8, 4) is 0 Å². The molecule has 14 heteroatoms. The number of unbranched alkanes of at least 4 members (excludes halogenated alkanes) is 4. The summed E-state index contributed by atoms with van der Waals surface area (Å²) in [4.78, 5) is 20.6. The second-order valence-electron chi connectivity index (χ2n) is 9.67. The molecule has 200 valence electrons. The van der Waals surface area contributed by atoms with Gasteiger partial charge >= 0.3 is 19.6 Å². The molecule has 4 aliphatic heterocycles. The van der Waals surface area contributed by atoms with Gasteiger partial charge in [-0.2, -0.15) is 4.99 Å². The highest BCUT2D eigenvalue weighted by Crippen LogP contribution is 2.56. The number of halogens is 1. The van der Waals surface area contributed by atoms with Crippen molar-refractivity contribution in [2.45, 2.75) is 82.9 Å². The van der Waals surface area contributed by atoms with E-state index in [9.17, 15) is 9.36 Å². The second-order valence-corrected chi connectivity index (χ2v) is 11.4. The minimum atomic E-state index is -4.03. The number of likely N-dealkylation sites (N-methyl/N-ethyl adjacent to an activating group) is 1. The van der Waals surface area contributed by atoms with Gasteiger partial charge in [-0.3, -0.25) is 13.8 Å². The summed E-state index contributed by atoms with van der Waals surface area (Å²) in [6, 6.07) is -0.977. The van der Waals surface area contributed by atoms with E-state index in [1.54, 1.807) is 7.05 Å². The van der Waals surface area contributed by atoms with E-state index in [2.05, 4.69) is 27.1 Å². The van der Waals surface area contributed by atoms with Crippen molar-refractivity contribution in [3.05, 3.63) is 11.9 Å². The number of nitrogens with one attached hydrogen (secondary N) is 1. The number of esters is 1. The lowest BCUT2D eigenvalue weighted by atomic mass is 9.92. The van der Waals surface area contributed by atoms with Crippen molar-refractivity contribution >= 4 is 31.7 Å². The maximum Gasteiger partial charge on any atom is 0.406 e. The first-order chi connectivity index (χ1) is 17.0. The highest BCUT2D eigenvalue weighted by atomic mass is 31.2. The number of quaternary nitrogens is 1. The number of ether oxygens (including phenoxy) is 2. The van der Waals surface area contributed by atoms with E-state index in [1.807, 2.05) is 0 Å². The molecule has 7 unspecified atom stereocenters. The topological polar surface area (TPSA) is 146 Å². The molecular formula is C22H35FN6O6P+. The van der Waals surface area contributed by atoms with Crippen LogP contribution in [0, 0.1) is 0 Å². The molecule has 12 nitrogen and oxygen atoms in total. The number of rotatable bonds is 10. The SMILES string of the molecule is CCCCCCCOC(=O)C(C)NP1(=O)OCC2OC(C3=CN=C4C(N)=NC=N[N+]34C)C(C)(F)C2O1. The minimum absolute atomic E-state index is 0.171. The maximum absolute atomic E-state index is 16.3. The van der Waals surface area contributed by atoms with E-state index in [-0.39, 0.29) is 23.6 Å². The van der Waals surface area contributed by atoms with Gasteiger partial charge in [-0.25, -0.2) is 19.0 Å². The fraction of sp³-hybridized carbons (Fsp3) is 0.727. The third-order valence-electron chi connectivity index (χ3n) is 6.79. The first-order valence-corrected chi connectivity index (χ1v) is 13.8. The number of carbonyl (C=O) groups is 1. The lowest BCUT2D eigenvalue weighted by Gasteiger charge is -2.35. The van der Waals surface area contributed by atoms with Crippen LogP contribution in [0.2, 0.25) is 0 Å². The van der Waals surface area contributed by atoms with Crippen LogP contribution in [0.4, 0.5) is 4.39 Å². The highest BCUT2D eigenvalue weighted by Gasteiger charge is 2.65. The van der Waals surface area contributed by atoms with Gasteiger partial charge in [-0.1, -0.05) is 37.7 Å². The molecule has 4 aliphatic rings. The molecule has 3 N–H and O–H groups in total. The van der Waals surface area contributed by atoms with Crippen LogP contribution in [-0.4, -0.2) is 78.9 Å². The molecule has 0 aliphatic carbocycles. The van der Waals surface area contributed by atoms with Crippen LogP contribution in [0.5, 0.6) is 0 Å². The first kappa shape index (κ1) is 27.0. The van der Waals surface area contributed by atoms with Crippen molar-refractivity contribution in [3.63, 3.8) is 0 Å². The predicted octanol–water partition coefficient (Wildman–Crippen LogP) is 2.51. The Morgan fingerprint density at radius 2 is 2.14 bits per heavy atom. The van der Waals surface area contributed by atoms with Gasteiger partial charge in [0.15, 0.2) is 23.8 Å². The van der Waals surface area contributed by atoms with Crippen molar-refractivity contribution < 1.29 is 36.9 Å². The third-order valence-corrected chi connectivity index (χ3v) is 8.48. The Hall–Kier alpha value is -2.02. The van der Waals surface area contributed by atoms with Crippen LogP contribution in [0.15, 0.2) is 27.0 Å². The summed E-state index contributed by atoms with van der Waals surface area (Å²) >= 11 is 0. The normalized spacial score (nSPS) is 38.0. The monoisotopic (exact) mass is 529 g/mol. The van der Waals surface area contributed by atoms with Crippen LogP contribution in [-0.2, 0) is 27.9 Å². The second kappa shape index (κ2) is 10.4. The zero-order chi connectivity index (χ0) is 26.1. The summed E-state index contributed by atoms with van der Waals surface area (Å²) in [5.74, 6) is -0.0622. The minimum Gasteiger partial charge on any atom is -0.465 e. The smallest absolute Gasteiger partial charge is 0.406 e. The van der Waals surface area contributed by atoms with Crippen molar-refractivity contribution in [2.75, 3.05) is 20.3 Å². The number of carbonyl (C=O) groups excluding carboxylic acids is 1. The Morgan fingerprint density at radius 1 is 1.39 bits per heavy atom. The van der Waals surface area contributed by atoms with Crippen molar-refractivity contribution in [2.24, 2.45) is 20.8 Å². The van der Waals surface area contributed by atoms with Crippen LogP contribution in [0.1, 0.15) is 52.9 Å². The van der Waals surface area contributed by atoms with E-state index < -0.39 is 43.7 Å². The van der Waals surface area contributed by atoms with Gasteiger partial charge in [-0.05, 0) is 20.3 Å². The number of amidine groups is 2. The first-order valence-electron chi connectivity index (χ1n) is 12.3. The van der Waals surface area contributed by atoms with Crippen LogP contribution in [0.25, 0.3) is 0 Å². The summed E-state index contributed by atoms with van der Waals surface area (Å²) in [6.45, 7) is 5.01. The van der Waals surface area contributed by atoms with Crippen LogP contribution >= 0.6 is 7.75 Å². The number of nitrogens with two attached hydrogens (primary N) is 1. The lowest BCUT2D eigenvalue weighted by Crippen LogP contribution is -2.55. The predicted molar refractivity (Wildman–Crippen MR) is 131 cm³/mol. The number of hydrogen-bond acceptors (Lipinski definition) is 10. The average molecular weight is 530 g/mol. The molecule has 0 aromatic rings. The molecule has 0 bridgehead atoms. The van der Waals surface area contributed by atoms with E-state index in [0.717, 1.165) is 32.1 Å². The summed E-state index contributed by atoms with van der Waals surface area (Å²) < 4.78 is 51.6. The van der Waals surface area contributed by atoms with Gasteiger partial charge < -0.3 is 15.2 Å². The molecule has 36 heavy (non-hydrogen) atoms. The number of aliphatic imine (C=N–C) groups is 2. The Morgan fingerprint density at radius 3 is 2.89 bits per heavy atom. The molecule has 0 amide bonds. The Labute approximate surface area is 210 Å². The third kappa shape index (κ3) is 5.05. The summed E-state index contributed by atoms with van der Waals surface area (Å²) in [5.41, 5.74) is 4.20. The van der Waals surface area contributed by atoms with E-state index in [1.165, 1.54) is 26.4 Å². The van der Waals surface area contributed by atoms with Gasteiger partial charge in [0.05, 0.1) is 19.4 Å². The van der Waals surface area contributed by atoms with Gasteiger partial charge in [0.2, 0.25) is 5.84 Å². The molecule has 0 spiro atoms. The Kier molecular flexibility index (Phi) is 7.80. The van der Waals surface area contributed by atoms with Crippen LogP contribution in [0.3, 0.4) is 0 Å². The molecule has 4 rings (SSSR count). The van der Waals surface area contributed by atoms with E-state index >= 15 is 4.39 Å². The summed E-state index contributed by atoms with van der Waals surface area (Å²) in [5, 5.41) is 6.89. The molecule has 2 saturated heterocycles. The molecule has 2 fully saturated rings. The van der Waals surface area contributed by atoms with Gasteiger partial charge in [-0.15, -0.1) is 4.59 Å². The zero-order valence-corrected chi connectivity index (χ0v) is 21.9. The van der Waals surface area contributed by atoms with E-state index in [0.29, 0.717) is 11.5 Å². The number of fused-ring (bicyclic) bond motifs is 2. The highest BCUT2D eigenvalue weighted by molar-refractivity contribution is 7.51. The van der Waals surface area contributed by atoms with Crippen molar-refractivity contribution in [1.82, 2.24) is 5.09 Å². The quantitative estimate of drug-likeness (QED) is 0.190. The van der Waals surface area contributed by atoms with Crippen molar-refractivity contribution in [1.29, 1.82) is 0 Å². The molecule has 4 heterocycles. The van der Waals surface area contributed by atoms with Crippen LogP contribution < -0.4 is 10.8 Å². The molecule has 0 aromatic carbocycles. The van der Waals surface area contributed by atoms with Gasteiger partial charge in [0.25, 0.3) is 0 Å². The maximum atomic E-state index is 16.3. The molecule has 7 atom stereocenters. The Bertz CT molecular complexity index is 1050. The molecule has 0 saturated carbocycles. The molecule has 0 aromatic heterocycles. The number of hydrogen-bond donors (Lipinski definition) is 2. The Balaban J connectivity index is 1.37. The van der Waals surface area contributed by atoms with Gasteiger partial charge in [0.1, 0.15) is 25.3 Å². The lowest BCUT2D eigenvalue weighted by molar-refractivity contribution is -0.787. The van der Waals surface area contributed by atoms with E-state index in [4.69, 9.17) is 24.3 Å². The standard InChI is InChI=1S/C22H35FN6O6P/c1-5-6-7-8-9-10-32-21(30)14(2)28-36(31)33-12-16-18(35-36)22(3,23)17(34-16)15-11-25-20-19(24)26-13-27-29(15,20)4/h11,13-14,16-18H,5-10,12H2,1-4H3,(H,28,31)(H2,24,26,27)/q+1. The largest absolute Gasteiger partial charge is 0.465 e. The summed E-state index contributed by atoms with van der Waals surface area (Å²) in [7, 11) is -2.34. The number of nitrogens with zero attached hydrogens (tertiary/aromatic N) is 4. The summed E-state index contributed by atoms with van der Waals surface area (Å²) in [6.07, 6.45) is 4.63. The van der Waals surface area contributed by atoms with Gasteiger partial charge in [0, 0.05) is 0 Å². The zero-order valence-electron chi connectivity index (χ0n) is 21.1. The average Bonchev–Trinajstić information content (AvgIpc) is 3.29. The molecular weight excluding hydrogens is 494 g/mol. The number of alkyl halides is 1. The molecule has 0 radical (unpaired) electrons.